The van der Waals surface area contributed by atoms with Gasteiger partial charge in [-0.15, -0.1) is 6.58 Å². The predicted octanol–water partition coefficient (Wildman–Crippen LogP) is 0.164. The van der Waals surface area contributed by atoms with E-state index in [4.69, 9.17) is 47.4 Å². The molecule has 20 nitrogen and oxygen atoms in total. The Morgan fingerprint density at radius 3 is 2.22 bits per heavy atom. The van der Waals surface area contributed by atoms with Gasteiger partial charge in [-0.2, -0.15) is 0 Å². The molecule has 20 heteroatoms. The normalized spacial score (nSPS) is 32.4. The van der Waals surface area contributed by atoms with Crippen LogP contribution in [0.2, 0.25) is 0 Å². The van der Waals surface area contributed by atoms with Gasteiger partial charge >= 0.3 is 29.8 Å². The molecule has 0 radical (unpaired) electrons. The Morgan fingerprint density at radius 1 is 0.817 bits per heavy atom. The van der Waals surface area contributed by atoms with Crippen LogP contribution >= 0.6 is 0 Å². The number of para-hydroxylation sites is 1. The highest BCUT2D eigenvalue weighted by atomic mass is 16.8. The summed E-state index contributed by atoms with van der Waals surface area (Å²) in [5, 5.41) is 51.6. The van der Waals surface area contributed by atoms with Crippen molar-refractivity contribution in [1.29, 1.82) is 0 Å². The van der Waals surface area contributed by atoms with Crippen molar-refractivity contribution in [3.8, 4) is 11.5 Å². The van der Waals surface area contributed by atoms with Gasteiger partial charge in [-0.25, -0.2) is 14.4 Å². The zero-order chi connectivity index (χ0) is 43.2. The van der Waals surface area contributed by atoms with Gasteiger partial charge in [-0.1, -0.05) is 30.3 Å². The SMILES string of the molecule is C=C[C@H]1[C@H](O[C@@H]2O[C@H](COC(C)=O)[C@@H](OC(=O)c3cccc(O[C@@H]4O[C@H](CO)[C@@H](O)[C@H](O)[C@H]4O)c3O)[C@H](OC(C)=O)[C@H]2OC(=O)c2ccccc2)OC=C2C(=O)OCC[C@@H]21. The molecule has 0 aromatic heterocycles. The van der Waals surface area contributed by atoms with Gasteiger partial charge in [0.1, 0.15) is 42.7 Å². The molecule has 3 fully saturated rings. The number of aliphatic hydroxyl groups excluding tert-OH is 4. The molecule has 3 saturated heterocycles. The minimum atomic E-state index is -1.87. The van der Waals surface area contributed by atoms with Crippen molar-refractivity contribution >= 4 is 29.8 Å². The van der Waals surface area contributed by atoms with E-state index in [0.29, 0.717) is 6.42 Å². The fourth-order valence-electron chi connectivity index (χ4n) is 7.10. The molecule has 324 valence electrons. The van der Waals surface area contributed by atoms with Crippen LogP contribution in [0.25, 0.3) is 0 Å². The number of aromatic hydroxyl groups is 1. The lowest BCUT2D eigenvalue weighted by Gasteiger charge is -2.46. The first-order chi connectivity index (χ1) is 28.7. The standard InChI is InChI=1S/C40H44O20/c1-4-21-22-13-14-51-36(49)24(22)16-53-38(21)60-40-34(59-35(48)20-9-6-5-7-10-20)33(54-19(3)43)32(27(57-40)17-52-18(2)42)58-37(50)23-11-8-12-25(28(23)44)55-39-31(47)30(46)29(45)26(15-41)56-39/h4-12,16,21-22,26-27,29-34,38-41,44-47H,1,13-15,17H2,2-3H3/t21-,22-,26-,27-,29-,30+,31-,32-,33+,34-,38+,39-,40+/m1/s1. The Balaban J connectivity index is 1.34. The van der Waals surface area contributed by atoms with Crippen LogP contribution in [-0.2, 0) is 57.0 Å². The maximum atomic E-state index is 14.0. The fourth-order valence-corrected chi connectivity index (χ4v) is 7.10. The summed E-state index contributed by atoms with van der Waals surface area (Å²) in [6, 6.07) is 11.2. The first kappa shape index (κ1) is 44.0. The molecule has 60 heavy (non-hydrogen) atoms. The molecule has 0 unspecified atom stereocenters. The highest BCUT2D eigenvalue weighted by Gasteiger charge is 2.55. The van der Waals surface area contributed by atoms with E-state index in [1.807, 2.05) is 0 Å². The van der Waals surface area contributed by atoms with Crippen molar-refractivity contribution in [3.63, 3.8) is 0 Å². The van der Waals surface area contributed by atoms with Crippen LogP contribution in [0.3, 0.4) is 0 Å². The van der Waals surface area contributed by atoms with E-state index >= 15 is 0 Å². The number of hydrogen-bond donors (Lipinski definition) is 5. The van der Waals surface area contributed by atoms with Gasteiger partial charge in [0.15, 0.2) is 29.8 Å². The lowest BCUT2D eigenvalue weighted by molar-refractivity contribution is -0.338. The Kier molecular flexibility index (Phi) is 14.1. The zero-order valence-electron chi connectivity index (χ0n) is 32.2. The molecule has 4 aliphatic rings. The predicted molar refractivity (Wildman–Crippen MR) is 195 cm³/mol. The largest absolute Gasteiger partial charge is 0.504 e. The number of ether oxygens (including phenoxy) is 10. The van der Waals surface area contributed by atoms with Crippen molar-refractivity contribution in [3.05, 3.63) is 84.1 Å². The topological polar surface area (TPSA) is 279 Å². The first-order valence-corrected chi connectivity index (χ1v) is 18.7. The van der Waals surface area contributed by atoms with E-state index in [1.54, 1.807) is 18.2 Å². The smallest absolute Gasteiger partial charge is 0.342 e. The summed E-state index contributed by atoms with van der Waals surface area (Å²) in [6.07, 6.45) is -15.2. The molecule has 5 N–H and O–H groups in total. The molecule has 4 aliphatic heterocycles. The van der Waals surface area contributed by atoms with Crippen molar-refractivity contribution < 1.29 is 96.9 Å². The van der Waals surface area contributed by atoms with Gasteiger partial charge in [-0.3, -0.25) is 9.59 Å². The molecule has 0 spiro atoms. The third-order valence-corrected chi connectivity index (χ3v) is 10.1. The van der Waals surface area contributed by atoms with Gasteiger partial charge in [0.25, 0.3) is 0 Å². The van der Waals surface area contributed by atoms with Crippen LogP contribution in [-0.4, -0.2) is 143 Å². The number of phenols is 1. The molecule has 0 bridgehead atoms. The van der Waals surface area contributed by atoms with Crippen LogP contribution in [0.1, 0.15) is 41.0 Å². The number of carbonyl (C=O) groups excluding carboxylic acids is 5. The number of cyclic esters (lactones) is 1. The number of fused-ring (bicyclic) bond motifs is 1. The number of phenolic OH excluding ortho intramolecular Hbond substituents is 1. The van der Waals surface area contributed by atoms with E-state index in [1.165, 1.54) is 36.6 Å². The summed E-state index contributed by atoms with van der Waals surface area (Å²) in [7, 11) is 0. The molecule has 2 aromatic carbocycles. The van der Waals surface area contributed by atoms with Gasteiger partial charge in [0.2, 0.25) is 18.9 Å². The Morgan fingerprint density at radius 2 is 1.53 bits per heavy atom. The lowest BCUT2D eigenvalue weighted by Crippen LogP contribution is -2.64. The van der Waals surface area contributed by atoms with Gasteiger partial charge in [-0.05, 0) is 30.7 Å². The highest BCUT2D eigenvalue weighted by molar-refractivity contribution is 5.93. The van der Waals surface area contributed by atoms with Crippen LogP contribution in [0.15, 0.2) is 73.0 Å². The summed E-state index contributed by atoms with van der Waals surface area (Å²) in [5.74, 6) is -7.07. The molecule has 4 heterocycles. The number of esters is 5. The second-order valence-electron chi connectivity index (χ2n) is 14.1. The van der Waals surface area contributed by atoms with E-state index < -0.39 is 140 Å². The average Bonchev–Trinajstić information content (AvgIpc) is 3.23. The van der Waals surface area contributed by atoms with E-state index in [0.717, 1.165) is 19.9 Å². The minimum absolute atomic E-state index is 0.0562. The van der Waals surface area contributed by atoms with Crippen molar-refractivity contribution in [2.45, 2.75) is 88.0 Å². The molecule has 6 rings (SSSR count). The highest BCUT2D eigenvalue weighted by Crippen LogP contribution is 2.40. The van der Waals surface area contributed by atoms with Crippen LogP contribution < -0.4 is 4.74 Å². The number of aliphatic hydroxyl groups is 4. The fraction of sp³-hybridized carbons (Fsp3) is 0.475. The lowest BCUT2D eigenvalue weighted by atomic mass is 9.81. The number of hydrogen-bond acceptors (Lipinski definition) is 20. The average molecular weight is 845 g/mol. The summed E-state index contributed by atoms with van der Waals surface area (Å²) in [4.78, 5) is 65.0. The van der Waals surface area contributed by atoms with Crippen LogP contribution in [0, 0.1) is 11.8 Å². The molecule has 13 atom stereocenters. The first-order valence-electron chi connectivity index (χ1n) is 18.7. The summed E-state index contributed by atoms with van der Waals surface area (Å²) < 4.78 is 57.1. The molecular formula is C40H44O20. The van der Waals surface area contributed by atoms with E-state index in [2.05, 4.69) is 6.58 Å². The summed E-state index contributed by atoms with van der Waals surface area (Å²) in [5.41, 5.74) is -0.272. The van der Waals surface area contributed by atoms with E-state index in [-0.39, 0.29) is 17.7 Å². The Bertz CT molecular complexity index is 1930. The number of benzene rings is 2. The van der Waals surface area contributed by atoms with Crippen LogP contribution in [0.5, 0.6) is 11.5 Å². The molecule has 2 aromatic rings. The van der Waals surface area contributed by atoms with Gasteiger partial charge in [0, 0.05) is 25.7 Å². The second kappa shape index (κ2) is 19.2. The Hall–Kier alpha value is -5.61. The third kappa shape index (κ3) is 9.55. The van der Waals surface area contributed by atoms with Crippen LogP contribution in [0.4, 0.5) is 0 Å². The molecule has 0 saturated carbocycles. The second-order valence-corrected chi connectivity index (χ2v) is 14.1. The van der Waals surface area contributed by atoms with E-state index in [9.17, 15) is 49.5 Å². The van der Waals surface area contributed by atoms with Gasteiger partial charge in [0.05, 0.1) is 30.6 Å². The number of carbonyl (C=O) groups is 5. The number of rotatable bonds is 13. The Labute approximate surface area is 341 Å². The quantitative estimate of drug-likeness (QED) is 0.102. The van der Waals surface area contributed by atoms with Crippen molar-refractivity contribution in [2.24, 2.45) is 11.8 Å². The summed E-state index contributed by atoms with van der Waals surface area (Å²) >= 11 is 0. The zero-order valence-corrected chi connectivity index (χ0v) is 32.2. The summed E-state index contributed by atoms with van der Waals surface area (Å²) in [6.45, 7) is 4.69. The van der Waals surface area contributed by atoms with Crippen molar-refractivity contribution in [2.75, 3.05) is 19.8 Å². The maximum Gasteiger partial charge on any atom is 0.342 e. The van der Waals surface area contributed by atoms with Crippen molar-refractivity contribution in [1.82, 2.24) is 0 Å². The van der Waals surface area contributed by atoms with Gasteiger partial charge < -0.3 is 72.9 Å². The monoisotopic (exact) mass is 844 g/mol. The molecule has 0 aliphatic carbocycles. The minimum Gasteiger partial charge on any atom is -0.504 e. The molecular weight excluding hydrogens is 800 g/mol. The maximum absolute atomic E-state index is 14.0. The molecule has 0 amide bonds. The third-order valence-electron chi connectivity index (χ3n) is 10.1.